The Bertz CT molecular complexity index is 638. The van der Waals surface area contributed by atoms with Crippen LogP contribution in [0.15, 0.2) is 23.1 Å². The van der Waals surface area contributed by atoms with Gasteiger partial charge in [-0.3, -0.25) is 0 Å². The van der Waals surface area contributed by atoms with Gasteiger partial charge in [0, 0.05) is 18.3 Å². The zero-order valence-corrected chi connectivity index (χ0v) is 13.6. The van der Waals surface area contributed by atoms with Gasteiger partial charge in [-0.1, -0.05) is 20.3 Å². The minimum absolute atomic E-state index is 0.0386. The number of hydrogen-bond donors (Lipinski definition) is 2. The van der Waals surface area contributed by atoms with Crippen LogP contribution in [0.2, 0.25) is 0 Å². The summed E-state index contributed by atoms with van der Waals surface area (Å²) in [7, 11) is -3.43. The first-order valence-corrected chi connectivity index (χ1v) is 9.26. The van der Waals surface area contributed by atoms with Crippen LogP contribution in [-0.2, 0) is 16.4 Å². The number of aryl methyl sites for hydroxylation is 1. The molecule has 4 nitrogen and oxygen atoms in total. The predicted octanol–water partition coefficient (Wildman–Crippen LogP) is 2.90. The van der Waals surface area contributed by atoms with Crippen molar-refractivity contribution in [3.63, 3.8) is 0 Å². The standard InChI is InChI=1S/C16H24N2O2S/c1-16(2)9-3-6-15(16)18-21(19,20)13-7-8-14-12(11-13)5-4-10-17-14/h7-8,11,15,17-18H,3-6,9-10H2,1-2H3. The number of nitrogens with one attached hydrogen (secondary N) is 2. The number of benzene rings is 1. The molecule has 1 aromatic carbocycles. The summed E-state index contributed by atoms with van der Waals surface area (Å²) in [5.41, 5.74) is 2.22. The van der Waals surface area contributed by atoms with Crippen LogP contribution in [0.3, 0.4) is 0 Å². The Hall–Kier alpha value is -1.07. The average Bonchev–Trinajstić information content (AvgIpc) is 2.77. The van der Waals surface area contributed by atoms with E-state index in [-0.39, 0.29) is 11.5 Å². The summed E-state index contributed by atoms with van der Waals surface area (Å²) < 4.78 is 28.2. The van der Waals surface area contributed by atoms with Crippen LogP contribution in [0, 0.1) is 5.41 Å². The highest BCUT2D eigenvalue weighted by Gasteiger charge is 2.37. The molecular formula is C16H24N2O2S. The van der Waals surface area contributed by atoms with E-state index in [0.717, 1.165) is 49.9 Å². The first-order valence-electron chi connectivity index (χ1n) is 7.78. The Labute approximate surface area is 127 Å². The largest absolute Gasteiger partial charge is 0.385 e. The van der Waals surface area contributed by atoms with E-state index in [1.165, 1.54) is 0 Å². The molecule has 116 valence electrons. The molecule has 2 aliphatic rings. The molecule has 1 saturated carbocycles. The lowest BCUT2D eigenvalue weighted by Gasteiger charge is -2.28. The lowest BCUT2D eigenvalue weighted by atomic mass is 9.88. The quantitative estimate of drug-likeness (QED) is 0.902. The Morgan fingerprint density at radius 1 is 1.29 bits per heavy atom. The molecule has 1 aliphatic heterocycles. The van der Waals surface area contributed by atoms with Crippen molar-refractivity contribution in [3.8, 4) is 0 Å². The zero-order chi connectivity index (χ0) is 15.1. The van der Waals surface area contributed by atoms with Gasteiger partial charge in [-0.2, -0.15) is 0 Å². The molecule has 1 atom stereocenters. The summed E-state index contributed by atoms with van der Waals surface area (Å²) in [4.78, 5) is 0.396. The number of hydrogen-bond acceptors (Lipinski definition) is 3. The van der Waals surface area contributed by atoms with E-state index in [1.807, 2.05) is 12.1 Å². The molecule has 0 amide bonds. The van der Waals surface area contributed by atoms with Crippen LogP contribution < -0.4 is 10.0 Å². The molecule has 1 aromatic rings. The van der Waals surface area contributed by atoms with Crippen molar-refractivity contribution < 1.29 is 8.42 Å². The molecular weight excluding hydrogens is 284 g/mol. The zero-order valence-electron chi connectivity index (χ0n) is 12.8. The van der Waals surface area contributed by atoms with Crippen LogP contribution in [0.25, 0.3) is 0 Å². The third-order valence-electron chi connectivity index (χ3n) is 4.88. The highest BCUT2D eigenvalue weighted by Crippen LogP contribution is 2.38. The molecule has 3 rings (SSSR count). The van der Waals surface area contributed by atoms with Crippen molar-refractivity contribution in [2.24, 2.45) is 5.41 Å². The molecule has 0 saturated heterocycles. The van der Waals surface area contributed by atoms with E-state index in [4.69, 9.17) is 0 Å². The van der Waals surface area contributed by atoms with Crippen LogP contribution in [0.1, 0.15) is 45.1 Å². The van der Waals surface area contributed by atoms with Crippen LogP contribution >= 0.6 is 0 Å². The summed E-state index contributed by atoms with van der Waals surface area (Å²) in [5.74, 6) is 0. The van der Waals surface area contributed by atoms with E-state index < -0.39 is 10.0 Å². The number of anilines is 1. The van der Waals surface area contributed by atoms with Crippen molar-refractivity contribution >= 4 is 15.7 Å². The number of fused-ring (bicyclic) bond motifs is 1. The molecule has 2 N–H and O–H groups in total. The summed E-state index contributed by atoms with van der Waals surface area (Å²) >= 11 is 0. The van der Waals surface area contributed by atoms with Gasteiger partial charge < -0.3 is 5.32 Å². The number of rotatable bonds is 3. The van der Waals surface area contributed by atoms with Crippen molar-refractivity contribution in [1.29, 1.82) is 0 Å². The van der Waals surface area contributed by atoms with Crippen LogP contribution in [0.5, 0.6) is 0 Å². The van der Waals surface area contributed by atoms with Gasteiger partial charge in [0.25, 0.3) is 0 Å². The van der Waals surface area contributed by atoms with Gasteiger partial charge in [0.15, 0.2) is 0 Å². The first-order chi connectivity index (χ1) is 9.88. The molecule has 1 unspecified atom stereocenters. The first kappa shape index (κ1) is 14.9. The molecule has 0 spiro atoms. The smallest absolute Gasteiger partial charge is 0.240 e. The third kappa shape index (κ3) is 2.94. The third-order valence-corrected chi connectivity index (χ3v) is 6.35. The van der Waals surface area contributed by atoms with Crippen molar-refractivity contribution in [2.45, 2.75) is 56.9 Å². The molecule has 1 heterocycles. The highest BCUT2D eigenvalue weighted by atomic mass is 32.2. The molecule has 0 radical (unpaired) electrons. The molecule has 0 aromatic heterocycles. The summed E-state index contributed by atoms with van der Waals surface area (Å²) in [6.07, 6.45) is 5.10. The van der Waals surface area contributed by atoms with Crippen molar-refractivity contribution in [3.05, 3.63) is 23.8 Å². The molecule has 1 aliphatic carbocycles. The van der Waals surface area contributed by atoms with Gasteiger partial charge in [0.2, 0.25) is 10.0 Å². The Morgan fingerprint density at radius 2 is 2.10 bits per heavy atom. The SMILES string of the molecule is CC1(C)CCCC1NS(=O)(=O)c1ccc2c(c1)CCCN2. The summed E-state index contributed by atoms with van der Waals surface area (Å²) in [6.45, 7) is 5.25. The second-order valence-corrected chi connectivity index (χ2v) is 8.62. The lowest BCUT2D eigenvalue weighted by molar-refractivity contribution is 0.313. The van der Waals surface area contributed by atoms with E-state index >= 15 is 0 Å². The lowest BCUT2D eigenvalue weighted by Crippen LogP contribution is -2.41. The van der Waals surface area contributed by atoms with Crippen LogP contribution in [0.4, 0.5) is 5.69 Å². The molecule has 21 heavy (non-hydrogen) atoms. The summed E-state index contributed by atoms with van der Waals surface area (Å²) in [5, 5.41) is 3.31. The fourth-order valence-corrected chi connectivity index (χ4v) is 4.91. The van der Waals surface area contributed by atoms with Gasteiger partial charge in [-0.25, -0.2) is 13.1 Å². The fraction of sp³-hybridized carbons (Fsp3) is 0.625. The fourth-order valence-electron chi connectivity index (χ4n) is 3.42. The normalized spacial score (nSPS) is 24.4. The van der Waals surface area contributed by atoms with Gasteiger partial charge in [0.1, 0.15) is 0 Å². The number of sulfonamides is 1. The van der Waals surface area contributed by atoms with Gasteiger partial charge in [0.05, 0.1) is 4.90 Å². The van der Waals surface area contributed by atoms with Gasteiger partial charge >= 0.3 is 0 Å². The van der Waals surface area contributed by atoms with Crippen LogP contribution in [-0.4, -0.2) is 21.0 Å². The maximum absolute atomic E-state index is 12.6. The highest BCUT2D eigenvalue weighted by molar-refractivity contribution is 7.89. The van der Waals surface area contributed by atoms with E-state index in [2.05, 4.69) is 23.9 Å². The van der Waals surface area contributed by atoms with Gasteiger partial charge in [-0.15, -0.1) is 0 Å². The minimum atomic E-state index is -3.43. The second-order valence-electron chi connectivity index (χ2n) is 6.90. The van der Waals surface area contributed by atoms with Crippen molar-refractivity contribution in [2.75, 3.05) is 11.9 Å². The Balaban J connectivity index is 1.85. The summed E-state index contributed by atoms with van der Waals surface area (Å²) in [6, 6.07) is 5.47. The van der Waals surface area contributed by atoms with E-state index in [1.54, 1.807) is 6.07 Å². The molecule has 1 fully saturated rings. The topological polar surface area (TPSA) is 58.2 Å². The van der Waals surface area contributed by atoms with E-state index in [0.29, 0.717) is 4.90 Å². The average molecular weight is 308 g/mol. The Kier molecular flexibility index (Phi) is 3.74. The molecule has 0 bridgehead atoms. The predicted molar refractivity (Wildman–Crippen MR) is 85.0 cm³/mol. The molecule has 5 heteroatoms. The minimum Gasteiger partial charge on any atom is -0.385 e. The monoisotopic (exact) mass is 308 g/mol. The maximum Gasteiger partial charge on any atom is 0.240 e. The van der Waals surface area contributed by atoms with E-state index in [9.17, 15) is 8.42 Å². The maximum atomic E-state index is 12.6. The van der Waals surface area contributed by atoms with Gasteiger partial charge in [-0.05, 0) is 54.9 Å². The van der Waals surface area contributed by atoms with Crippen molar-refractivity contribution in [1.82, 2.24) is 4.72 Å². The second kappa shape index (κ2) is 5.29. The Morgan fingerprint density at radius 3 is 2.81 bits per heavy atom.